The predicted octanol–water partition coefficient (Wildman–Crippen LogP) is 3.52. The first-order valence-corrected chi connectivity index (χ1v) is 6.78. The maximum Gasteiger partial charge on any atom is 0.244 e. The average molecular weight is 294 g/mol. The van der Waals surface area contributed by atoms with Gasteiger partial charge in [-0.05, 0) is 30.5 Å². The van der Waals surface area contributed by atoms with Gasteiger partial charge in [-0.15, -0.1) is 0 Å². The molecule has 90 valence electrons. The fourth-order valence-corrected chi connectivity index (χ4v) is 2.51. The molecule has 2 rings (SSSR count). The molecule has 1 amide bonds. The summed E-state index contributed by atoms with van der Waals surface area (Å²) >= 11 is 3.45. The normalized spacial score (nSPS) is 16.5. The highest BCUT2D eigenvalue weighted by molar-refractivity contribution is 9.10. The van der Waals surface area contributed by atoms with Gasteiger partial charge in [0.15, 0.2) is 0 Å². The van der Waals surface area contributed by atoms with Crippen LogP contribution in [0.5, 0.6) is 0 Å². The summed E-state index contributed by atoms with van der Waals surface area (Å²) in [7, 11) is 0. The zero-order valence-electron chi connectivity index (χ0n) is 9.66. The Bertz CT molecular complexity index is 422. The molecule has 0 radical (unpaired) electrons. The van der Waals surface area contributed by atoms with Crippen LogP contribution >= 0.6 is 15.9 Å². The third-order valence-electron chi connectivity index (χ3n) is 3.02. The number of rotatable bonds is 3. The second-order valence-corrected chi connectivity index (χ2v) is 5.20. The summed E-state index contributed by atoms with van der Waals surface area (Å²) in [6, 6.07) is 8.24. The fourth-order valence-electron chi connectivity index (χ4n) is 2.10. The van der Waals surface area contributed by atoms with E-state index >= 15 is 0 Å². The van der Waals surface area contributed by atoms with Crippen LogP contribution < -0.4 is 5.32 Å². The minimum Gasteiger partial charge on any atom is -0.350 e. The number of halogens is 1. The first-order valence-electron chi connectivity index (χ1n) is 5.99. The Morgan fingerprint density at radius 1 is 1.29 bits per heavy atom. The standard InChI is InChI=1S/C14H16BrNO/c15-13-8-4-1-5-11(13)9-10-14(17)16-12-6-2-3-7-12/h1,4-5,8-10,12H,2-3,6-7H2,(H,16,17)/b10-9+. The van der Waals surface area contributed by atoms with Gasteiger partial charge in [0, 0.05) is 16.6 Å². The molecule has 0 spiro atoms. The van der Waals surface area contributed by atoms with Crippen LogP contribution in [0.2, 0.25) is 0 Å². The molecular formula is C14H16BrNO. The van der Waals surface area contributed by atoms with Crippen LogP contribution in [0.15, 0.2) is 34.8 Å². The Morgan fingerprint density at radius 2 is 2.00 bits per heavy atom. The molecule has 2 nitrogen and oxygen atoms in total. The second-order valence-electron chi connectivity index (χ2n) is 4.34. The van der Waals surface area contributed by atoms with Crippen molar-refractivity contribution in [1.82, 2.24) is 5.32 Å². The largest absolute Gasteiger partial charge is 0.350 e. The van der Waals surface area contributed by atoms with Crippen molar-refractivity contribution < 1.29 is 4.79 Å². The molecule has 0 aromatic heterocycles. The maximum atomic E-state index is 11.7. The van der Waals surface area contributed by atoms with Gasteiger partial charge in [0.25, 0.3) is 0 Å². The van der Waals surface area contributed by atoms with Gasteiger partial charge >= 0.3 is 0 Å². The van der Waals surface area contributed by atoms with Gasteiger partial charge in [-0.2, -0.15) is 0 Å². The highest BCUT2D eigenvalue weighted by atomic mass is 79.9. The molecule has 0 aliphatic heterocycles. The van der Waals surface area contributed by atoms with E-state index in [1.807, 2.05) is 30.3 Å². The van der Waals surface area contributed by atoms with Crippen LogP contribution in [0.1, 0.15) is 31.2 Å². The van der Waals surface area contributed by atoms with E-state index in [0.29, 0.717) is 6.04 Å². The molecule has 17 heavy (non-hydrogen) atoms. The van der Waals surface area contributed by atoms with Crippen molar-refractivity contribution in [1.29, 1.82) is 0 Å². The Kier molecular flexibility index (Phi) is 4.37. The van der Waals surface area contributed by atoms with Crippen molar-refractivity contribution in [2.75, 3.05) is 0 Å². The van der Waals surface area contributed by atoms with Gasteiger partial charge in [0.1, 0.15) is 0 Å². The molecular weight excluding hydrogens is 278 g/mol. The van der Waals surface area contributed by atoms with Crippen molar-refractivity contribution in [2.24, 2.45) is 0 Å². The summed E-state index contributed by atoms with van der Waals surface area (Å²) in [5.74, 6) is 0.00709. The number of carbonyl (C=O) groups is 1. The molecule has 1 N–H and O–H groups in total. The lowest BCUT2D eigenvalue weighted by Crippen LogP contribution is -2.30. The Balaban J connectivity index is 1.91. The van der Waals surface area contributed by atoms with E-state index in [0.717, 1.165) is 22.9 Å². The van der Waals surface area contributed by atoms with Gasteiger partial charge in [-0.1, -0.05) is 47.0 Å². The molecule has 0 unspecified atom stereocenters. The monoisotopic (exact) mass is 293 g/mol. The molecule has 1 aromatic carbocycles. The van der Waals surface area contributed by atoms with Crippen LogP contribution in [0.25, 0.3) is 6.08 Å². The lowest BCUT2D eigenvalue weighted by molar-refractivity contribution is -0.117. The molecule has 1 aromatic rings. The summed E-state index contributed by atoms with van der Waals surface area (Å²) < 4.78 is 1.00. The fraction of sp³-hybridized carbons (Fsp3) is 0.357. The Hall–Kier alpha value is -1.09. The smallest absolute Gasteiger partial charge is 0.244 e. The first-order chi connectivity index (χ1) is 8.25. The van der Waals surface area contributed by atoms with E-state index in [-0.39, 0.29) is 5.91 Å². The summed E-state index contributed by atoms with van der Waals surface area (Å²) in [6.07, 6.45) is 8.16. The van der Waals surface area contributed by atoms with Crippen LogP contribution in [0.4, 0.5) is 0 Å². The summed E-state index contributed by atoms with van der Waals surface area (Å²) in [6.45, 7) is 0. The van der Waals surface area contributed by atoms with Crippen molar-refractivity contribution in [3.05, 3.63) is 40.4 Å². The third-order valence-corrected chi connectivity index (χ3v) is 3.74. The summed E-state index contributed by atoms with van der Waals surface area (Å²) in [4.78, 5) is 11.7. The SMILES string of the molecule is O=C(/C=C/c1ccccc1Br)NC1CCCC1. The quantitative estimate of drug-likeness (QED) is 0.849. The van der Waals surface area contributed by atoms with E-state index in [2.05, 4.69) is 21.2 Å². The Morgan fingerprint density at radius 3 is 2.71 bits per heavy atom. The van der Waals surface area contributed by atoms with Gasteiger partial charge in [-0.25, -0.2) is 0 Å². The van der Waals surface area contributed by atoms with Crippen molar-refractivity contribution in [3.63, 3.8) is 0 Å². The van der Waals surface area contributed by atoms with Crippen LogP contribution in [0, 0.1) is 0 Å². The zero-order chi connectivity index (χ0) is 12.1. The average Bonchev–Trinajstić information content (AvgIpc) is 2.81. The van der Waals surface area contributed by atoms with E-state index in [4.69, 9.17) is 0 Å². The summed E-state index contributed by atoms with van der Waals surface area (Å²) in [5, 5.41) is 3.03. The molecule has 3 heteroatoms. The molecule has 0 saturated heterocycles. The van der Waals surface area contributed by atoms with Crippen molar-refractivity contribution in [2.45, 2.75) is 31.7 Å². The second kappa shape index (κ2) is 6.01. The molecule has 0 bridgehead atoms. The summed E-state index contributed by atoms with van der Waals surface area (Å²) in [5.41, 5.74) is 1.02. The van der Waals surface area contributed by atoms with Gasteiger partial charge in [0.05, 0.1) is 0 Å². The minimum absolute atomic E-state index is 0.00709. The number of amides is 1. The van der Waals surface area contributed by atoms with Crippen LogP contribution in [-0.2, 0) is 4.79 Å². The highest BCUT2D eigenvalue weighted by Gasteiger charge is 2.15. The number of nitrogens with one attached hydrogen (secondary N) is 1. The maximum absolute atomic E-state index is 11.7. The lowest BCUT2D eigenvalue weighted by atomic mass is 10.2. The number of hydrogen-bond acceptors (Lipinski definition) is 1. The van der Waals surface area contributed by atoms with Crippen LogP contribution in [0.3, 0.4) is 0 Å². The van der Waals surface area contributed by atoms with Gasteiger partial charge in [0.2, 0.25) is 5.91 Å². The number of carbonyl (C=O) groups excluding carboxylic acids is 1. The molecule has 1 saturated carbocycles. The molecule has 1 fully saturated rings. The van der Waals surface area contributed by atoms with Gasteiger partial charge < -0.3 is 5.32 Å². The molecule has 1 aliphatic carbocycles. The van der Waals surface area contributed by atoms with E-state index in [9.17, 15) is 4.79 Å². The van der Waals surface area contributed by atoms with Crippen molar-refractivity contribution >= 4 is 27.9 Å². The number of hydrogen-bond donors (Lipinski definition) is 1. The Labute approximate surface area is 110 Å². The van der Waals surface area contributed by atoms with E-state index in [1.165, 1.54) is 12.8 Å². The lowest BCUT2D eigenvalue weighted by Gasteiger charge is -2.09. The minimum atomic E-state index is 0.00709. The highest BCUT2D eigenvalue weighted by Crippen LogP contribution is 2.18. The molecule has 1 aliphatic rings. The third kappa shape index (κ3) is 3.70. The van der Waals surface area contributed by atoms with Crippen molar-refractivity contribution in [3.8, 4) is 0 Å². The predicted molar refractivity (Wildman–Crippen MR) is 73.6 cm³/mol. The molecule has 0 atom stereocenters. The zero-order valence-corrected chi connectivity index (χ0v) is 11.2. The number of benzene rings is 1. The van der Waals surface area contributed by atoms with E-state index < -0.39 is 0 Å². The molecule has 0 heterocycles. The topological polar surface area (TPSA) is 29.1 Å². The van der Waals surface area contributed by atoms with Crippen LogP contribution in [-0.4, -0.2) is 11.9 Å². The van der Waals surface area contributed by atoms with Gasteiger partial charge in [-0.3, -0.25) is 4.79 Å². The van der Waals surface area contributed by atoms with E-state index in [1.54, 1.807) is 6.08 Å². The first kappa shape index (κ1) is 12.4.